The predicted molar refractivity (Wildman–Crippen MR) is 56.9 cm³/mol. The molecule has 0 amide bonds. The molecule has 76 valence electrons. The topological polar surface area (TPSA) is 71.5 Å². The number of carbonyl (C=O) groups excluding carboxylic acids is 1. The molecule has 0 aliphatic carbocycles. The number of thiol groups is 1. The summed E-state index contributed by atoms with van der Waals surface area (Å²) in [4.78, 5) is 11.7. The van der Waals surface area contributed by atoms with Crippen LogP contribution in [0.4, 0.5) is 0 Å². The first kappa shape index (κ1) is 9.85. The van der Waals surface area contributed by atoms with Crippen molar-refractivity contribution in [3.63, 3.8) is 0 Å². The van der Waals surface area contributed by atoms with Gasteiger partial charge in [-0.05, 0) is 12.1 Å². The monoisotopic (exact) mass is 220 g/mol. The lowest BCUT2D eigenvalue weighted by molar-refractivity contribution is 0.101. The van der Waals surface area contributed by atoms with Crippen LogP contribution in [0.2, 0.25) is 0 Å². The summed E-state index contributed by atoms with van der Waals surface area (Å²) in [7, 11) is 0. The Morgan fingerprint density at radius 3 is 2.67 bits per heavy atom. The van der Waals surface area contributed by atoms with E-state index in [2.05, 4.69) is 33.0 Å². The smallest absolute Gasteiger partial charge is 0.180 e. The maximum absolute atomic E-state index is 11.0. The molecule has 2 aromatic heterocycles. The van der Waals surface area contributed by atoms with Gasteiger partial charge in [0.1, 0.15) is 11.4 Å². The number of hydrogen-bond donors (Lipinski definition) is 2. The van der Waals surface area contributed by atoms with Gasteiger partial charge in [-0.25, -0.2) is 0 Å². The summed E-state index contributed by atoms with van der Waals surface area (Å²) in [5.41, 5.74) is 1.66. The highest BCUT2D eigenvalue weighted by Crippen LogP contribution is 2.20. The van der Waals surface area contributed by atoms with Gasteiger partial charge >= 0.3 is 0 Å². The Morgan fingerprint density at radius 1 is 1.40 bits per heavy atom. The summed E-state index contributed by atoms with van der Waals surface area (Å²) in [6.07, 6.45) is 1.58. The van der Waals surface area contributed by atoms with E-state index < -0.39 is 0 Å². The summed E-state index contributed by atoms with van der Waals surface area (Å²) in [5.74, 6) is -0.107. The third-order valence-corrected chi connectivity index (χ3v) is 2.24. The van der Waals surface area contributed by atoms with Crippen LogP contribution in [0, 0.1) is 0 Å². The molecule has 0 aliphatic rings. The minimum atomic E-state index is -0.107. The average molecular weight is 220 g/mol. The van der Waals surface area contributed by atoms with E-state index in [4.69, 9.17) is 0 Å². The number of rotatable bonds is 2. The van der Waals surface area contributed by atoms with E-state index in [1.54, 1.807) is 18.3 Å². The SMILES string of the molecule is CC(=O)c1ccc(-c2[nH]ncc2S)nn1. The van der Waals surface area contributed by atoms with Crippen molar-refractivity contribution < 1.29 is 4.79 Å². The van der Waals surface area contributed by atoms with Crippen molar-refractivity contribution in [2.24, 2.45) is 0 Å². The van der Waals surface area contributed by atoms with Crippen LogP contribution in [0.25, 0.3) is 11.4 Å². The molecule has 1 N–H and O–H groups in total. The van der Waals surface area contributed by atoms with Crippen molar-refractivity contribution in [1.29, 1.82) is 0 Å². The van der Waals surface area contributed by atoms with Crippen LogP contribution >= 0.6 is 12.6 Å². The molecule has 2 rings (SSSR count). The lowest BCUT2D eigenvalue weighted by Crippen LogP contribution is -1.99. The van der Waals surface area contributed by atoms with Crippen molar-refractivity contribution in [3.05, 3.63) is 24.0 Å². The lowest BCUT2D eigenvalue weighted by atomic mass is 10.2. The third kappa shape index (κ3) is 1.89. The molecule has 0 saturated heterocycles. The average Bonchev–Trinajstić information content (AvgIpc) is 2.65. The Morgan fingerprint density at radius 2 is 2.20 bits per heavy atom. The molecular weight excluding hydrogens is 212 g/mol. The standard InChI is InChI=1S/C9H8N4OS/c1-5(14)6-2-3-7(12-11-6)9-8(15)4-10-13-9/h2-4,15H,1H3,(H,10,13). The fourth-order valence-corrected chi connectivity index (χ4v) is 1.34. The molecule has 0 atom stereocenters. The molecule has 0 spiro atoms. The van der Waals surface area contributed by atoms with E-state index in [-0.39, 0.29) is 5.78 Å². The fourth-order valence-electron chi connectivity index (χ4n) is 1.12. The van der Waals surface area contributed by atoms with Crippen LogP contribution in [-0.2, 0) is 0 Å². The second-order valence-corrected chi connectivity index (χ2v) is 3.47. The van der Waals surface area contributed by atoms with Crippen LogP contribution in [0.3, 0.4) is 0 Å². The van der Waals surface area contributed by atoms with Gasteiger partial charge in [-0.15, -0.1) is 22.8 Å². The largest absolute Gasteiger partial charge is 0.293 e. The van der Waals surface area contributed by atoms with E-state index in [1.165, 1.54) is 6.92 Å². The second kappa shape index (κ2) is 3.82. The Bertz CT molecular complexity index is 491. The number of hydrogen-bond acceptors (Lipinski definition) is 5. The van der Waals surface area contributed by atoms with Gasteiger partial charge in [-0.3, -0.25) is 9.89 Å². The van der Waals surface area contributed by atoms with E-state index in [0.717, 1.165) is 0 Å². The number of Topliss-reactive ketones (excluding diaryl/α,β-unsaturated/α-hetero) is 1. The zero-order chi connectivity index (χ0) is 10.8. The number of ketones is 1. The third-order valence-electron chi connectivity index (χ3n) is 1.90. The number of nitrogens with zero attached hydrogens (tertiary/aromatic N) is 3. The van der Waals surface area contributed by atoms with Crippen molar-refractivity contribution in [1.82, 2.24) is 20.4 Å². The summed E-state index contributed by atoms with van der Waals surface area (Å²) >= 11 is 4.20. The fraction of sp³-hybridized carbons (Fsp3) is 0.111. The zero-order valence-electron chi connectivity index (χ0n) is 7.93. The first-order chi connectivity index (χ1) is 7.18. The Labute approximate surface area is 91.3 Å². The molecule has 6 heteroatoms. The quantitative estimate of drug-likeness (QED) is 0.592. The van der Waals surface area contributed by atoms with E-state index in [9.17, 15) is 4.79 Å². The van der Waals surface area contributed by atoms with Crippen molar-refractivity contribution >= 4 is 18.4 Å². The zero-order valence-corrected chi connectivity index (χ0v) is 8.82. The van der Waals surface area contributed by atoms with Gasteiger partial charge in [-0.2, -0.15) is 5.10 Å². The van der Waals surface area contributed by atoms with Gasteiger partial charge < -0.3 is 0 Å². The van der Waals surface area contributed by atoms with Crippen LogP contribution in [0.1, 0.15) is 17.4 Å². The molecule has 0 aromatic carbocycles. The van der Waals surface area contributed by atoms with Crippen LogP contribution in [0.5, 0.6) is 0 Å². The van der Waals surface area contributed by atoms with Crippen LogP contribution in [-0.4, -0.2) is 26.2 Å². The Balaban J connectivity index is 2.40. The number of carbonyl (C=O) groups is 1. The molecule has 0 radical (unpaired) electrons. The molecule has 0 bridgehead atoms. The summed E-state index contributed by atoms with van der Waals surface area (Å²) in [5, 5.41) is 14.3. The Hall–Kier alpha value is -1.69. The molecule has 2 heterocycles. The number of H-pyrrole nitrogens is 1. The normalized spacial score (nSPS) is 10.3. The van der Waals surface area contributed by atoms with Crippen molar-refractivity contribution in [2.45, 2.75) is 11.8 Å². The minimum absolute atomic E-state index is 0.107. The van der Waals surface area contributed by atoms with E-state index >= 15 is 0 Å². The van der Waals surface area contributed by atoms with Gasteiger partial charge in [0.2, 0.25) is 0 Å². The minimum Gasteiger partial charge on any atom is -0.293 e. The number of aromatic nitrogens is 4. The molecule has 2 aromatic rings. The first-order valence-corrected chi connectivity index (χ1v) is 4.70. The number of nitrogens with one attached hydrogen (secondary N) is 1. The summed E-state index contributed by atoms with van der Waals surface area (Å²) in [6, 6.07) is 3.33. The van der Waals surface area contributed by atoms with Gasteiger partial charge in [0.05, 0.1) is 16.8 Å². The molecule has 0 saturated carbocycles. The molecule has 0 unspecified atom stereocenters. The summed E-state index contributed by atoms with van der Waals surface area (Å²) < 4.78 is 0. The van der Waals surface area contributed by atoms with E-state index in [1.807, 2.05) is 0 Å². The van der Waals surface area contributed by atoms with Gasteiger partial charge in [-0.1, -0.05) is 0 Å². The maximum Gasteiger partial charge on any atom is 0.180 e. The van der Waals surface area contributed by atoms with Crippen LogP contribution < -0.4 is 0 Å². The second-order valence-electron chi connectivity index (χ2n) is 2.99. The maximum atomic E-state index is 11.0. The highest BCUT2D eigenvalue weighted by Gasteiger charge is 2.08. The molecule has 0 fully saturated rings. The van der Waals surface area contributed by atoms with Gasteiger partial charge in [0, 0.05) is 6.92 Å². The van der Waals surface area contributed by atoms with Gasteiger partial charge in [0.15, 0.2) is 5.78 Å². The first-order valence-electron chi connectivity index (χ1n) is 4.26. The molecule has 15 heavy (non-hydrogen) atoms. The highest BCUT2D eigenvalue weighted by molar-refractivity contribution is 7.80. The van der Waals surface area contributed by atoms with E-state index in [0.29, 0.717) is 22.0 Å². The van der Waals surface area contributed by atoms with Crippen molar-refractivity contribution in [3.8, 4) is 11.4 Å². The van der Waals surface area contributed by atoms with Crippen molar-refractivity contribution in [2.75, 3.05) is 0 Å². The number of aromatic amines is 1. The van der Waals surface area contributed by atoms with Crippen LogP contribution in [0.15, 0.2) is 23.2 Å². The molecule has 5 nitrogen and oxygen atoms in total. The Kier molecular flexibility index (Phi) is 2.51. The molecule has 0 aliphatic heterocycles. The summed E-state index contributed by atoms with van der Waals surface area (Å²) in [6.45, 7) is 1.45. The lowest BCUT2D eigenvalue weighted by Gasteiger charge is -1.97. The predicted octanol–water partition coefficient (Wildman–Crippen LogP) is 1.36. The molecular formula is C9H8N4OS. The van der Waals surface area contributed by atoms with Gasteiger partial charge in [0.25, 0.3) is 0 Å². The highest BCUT2D eigenvalue weighted by atomic mass is 32.1.